The molecule has 1 aromatic carbocycles. The van der Waals surface area contributed by atoms with Crippen LogP contribution < -0.4 is 0 Å². The summed E-state index contributed by atoms with van der Waals surface area (Å²) in [6, 6.07) is 8.87. The quantitative estimate of drug-likeness (QED) is 0.863. The maximum atomic E-state index is 12.8. The lowest BCUT2D eigenvalue weighted by Crippen LogP contribution is -2.32. The zero-order valence-electron chi connectivity index (χ0n) is 13.5. The molecule has 0 bridgehead atoms. The Morgan fingerprint density at radius 2 is 2.08 bits per heavy atom. The third-order valence-corrected chi connectivity index (χ3v) is 5.23. The van der Waals surface area contributed by atoms with Gasteiger partial charge in [0.05, 0.1) is 11.6 Å². The Morgan fingerprint density at radius 3 is 2.71 bits per heavy atom. The number of hydrogen-bond donors (Lipinski definition) is 1. The van der Waals surface area contributed by atoms with Crippen molar-refractivity contribution in [1.82, 2.24) is 4.90 Å². The maximum absolute atomic E-state index is 12.8. The number of aromatic hydroxyl groups is 1. The van der Waals surface area contributed by atoms with E-state index in [0.717, 1.165) is 24.4 Å². The zero-order valence-corrected chi connectivity index (χ0v) is 14.3. The minimum atomic E-state index is -0.0721. The van der Waals surface area contributed by atoms with E-state index in [-0.39, 0.29) is 22.7 Å². The first-order chi connectivity index (χ1) is 11.5. The molecule has 0 radical (unpaired) electrons. The van der Waals surface area contributed by atoms with Crippen molar-refractivity contribution < 1.29 is 14.3 Å². The van der Waals surface area contributed by atoms with Crippen molar-refractivity contribution in [1.29, 1.82) is 0 Å². The molecule has 1 N–H and O–H groups in total. The average Bonchev–Trinajstić information content (AvgIpc) is 3.48. The van der Waals surface area contributed by atoms with Gasteiger partial charge in [0.15, 0.2) is 0 Å². The van der Waals surface area contributed by atoms with E-state index in [9.17, 15) is 9.90 Å². The lowest BCUT2D eigenvalue weighted by atomic mass is 10.2. The fraction of sp³-hybridized carbons (Fsp3) is 0.421. The minimum absolute atomic E-state index is 0.0135. The van der Waals surface area contributed by atoms with Crippen molar-refractivity contribution in [2.24, 2.45) is 5.92 Å². The molecule has 1 aromatic heterocycles. The van der Waals surface area contributed by atoms with Crippen LogP contribution in [0, 0.1) is 5.92 Å². The first kappa shape index (κ1) is 15.6. The Kier molecular flexibility index (Phi) is 3.80. The van der Waals surface area contributed by atoms with Crippen LogP contribution in [-0.4, -0.2) is 22.0 Å². The number of furan rings is 1. The minimum Gasteiger partial charge on any atom is -0.506 e. The number of carbonyl (C=O) groups is 1. The molecule has 0 spiro atoms. The maximum Gasteiger partial charge on any atom is 0.254 e. The number of hydrogen-bond acceptors (Lipinski definition) is 3. The lowest BCUT2D eigenvalue weighted by Gasteiger charge is -2.21. The van der Waals surface area contributed by atoms with Gasteiger partial charge in [0.25, 0.3) is 5.91 Å². The predicted molar refractivity (Wildman–Crippen MR) is 91.2 cm³/mol. The number of nitrogens with zero attached hydrogens (tertiary/aromatic N) is 1. The molecule has 5 heteroatoms. The van der Waals surface area contributed by atoms with Crippen molar-refractivity contribution in [3.05, 3.63) is 52.4 Å². The number of benzene rings is 1. The molecule has 0 saturated heterocycles. The van der Waals surface area contributed by atoms with Gasteiger partial charge in [0.2, 0.25) is 0 Å². The number of phenols is 1. The molecule has 4 nitrogen and oxygen atoms in total. The third-order valence-electron chi connectivity index (χ3n) is 4.93. The first-order valence-electron chi connectivity index (χ1n) is 8.41. The van der Waals surface area contributed by atoms with E-state index in [1.165, 1.54) is 18.6 Å². The van der Waals surface area contributed by atoms with E-state index in [1.807, 2.05) is 17.0 Å². The van der Waals surface area contributed by atoms with Gasteiger partial charge in [-0.2, -0.15) is 0 Å². The third kappa shape index (κ3) is 3.03. The van der Waals surface area contributed by atoms with E-state index >= 15 is 0 Å². The standard InChI is InChI=1S/C19H20ClNO3/c1-11-8-15(11)18-7-5-14(24-18)10-21(13-3-4-13)19(23)12-2-6-17(22)16(20)9-12/h2,5-7,9,11,13,15,22H,3-4,8,10H2,1H3/t11-,15+/m1/s1. The second-order valence-corrected chi connectivity index (χ2v) is 7.36. The van der Waals surface area contributed by atoms with E-state index in [0.29, 0.717) is 23.9 Å². The molecule has 2 fully saturated rings. The number of halogens is 1. The van der Waals surface area contributed by atoms with Crippen LogP contribution in [-0.2, 0) is 6.54 Å². The zero-order chi connectivity index (χ0) is 16.8. The Labute approximate surface area is 146 Å². The molecule has 2 aromatic rings. The highest BCUT2D eigenvalue weighted by atomic mass is 35.5. The van der Waals surface area contributed by atoms with E-state index in [2.05, 4.69) is 6.92 Å². The van der Waals surface area contributed by atoms with Crippen LogP contribution in [0.3, 0.4) is 0 Å². The highest BCUT2D eigenvalue weighted by Gasteiger charge is 2.37. The van der Waals surface area contributed by atoms with Crippen molar-refractivity contribution in [3.63, 3.8) is 0 Å². The van der Waals surface area contributed by atoms with E-state index < -0.39 is 0 Å². The highest BCUT2D eigenvalue weighted by molar-refractivity contribution is 6.32. The van der Waals surface area contributed by atoms with Crippen LogP contribution >= 0.6 is 11.6 Å². The second kappa shape index (κ2) is 5.85. The topological polar surface area (TPSA) is 53.7 Å². The molecule has 24 heavy (non-hydrogen) atoms. The fourth-order valence-electron chi connectivity index (χ4n) is 3.12. The highest BCUT2D eigenvalue weighted by Crippen LogP contribution is 2.47. The van der Waals surface area contributed by atoms with Crippen LogP contribution in [0.5, 0.6) is 5.75 Å². The van der Waals surface area contributed by atoms with Gasteiger partial charge < -0.3 is 14.4 Å². The summed E-state index contributed by atoms with van der Waals surface area (Å²) in [5.41, 5.74) is 0.493. The Morgan fingerprint density at radius 1 is 1.33 bits per heavy atom. The molecule has 2 atom stereocenters. The summed E-state index contributed by atoms with van der Waals surface area (Å²) in [5, 5.41) is 9.73. The normalized spacial score (nSPS) is 22.4. The van der Waals surface area contributed by atoms with Gasteiger partial charge in [-0.1, -0.05) is 18.5 Å². The summed E-state index contributed by atoms with van der Waals surface area (Å²) >= 11 is 5.94. The molecule has 1 amide bonds. The fourth-order valence-corrected chi connectivity index (χ4v) is 3.30. The summed E-state index contributed by atoms with van der Waals surface area (Å²) in [5.74, 6) is 3.02. The molecule has 2 aliphatic carbocycles. The van der Waals surface area contributed by atoms with Crippen molar-refractivity contribution >= 4 is 17.5 Å². The van der Waals surface area contributed by atoms with E-state index in [4.69, 9.17) is 16.0 Å². The van der Waals surface area contributed by atoms with Crippen LogP contribution in [0.4, 0.5) is 0 Å². The number of rotatable bonds is 5. The Hall–Kier alpha value is -1.94. The summed E-state index contributed by atoms with van der Waals surface area (Å²) < 4.78 is 5.96. The van der Waals surface area contributed by atoms with Crippen LogP contribution in [0.25, 0.3) is 0 Å². The number of amides is 1. The Balaban J connectivity index is 1.52. The van der Waals surface area contributed by atoms with Gasteiger partial charge in [0.1, 0.15) is 17.3 Å². The molecular formula is C19H20ClNO3. The van der Waals surface area contributed by atoms with Crippen molar-refractivity contribution in [3.8, 4) is 5.75 Å². The van der Waals surface area contributed by atoms with Crippen molar-refractivity contribution in [2.45, 2.75) is 44.7 Å². The van der Waals surface area contributed by atoms with Gasteiger partial charge in [-0.3, -0.25) is 4.79 Å². The molecular weight excluding hydrogens is 326 g/mol. The summed E-state index contributed by atoms with van der Waals surface area (Å²) in [4.78, 5) is 14.7. The lowest BCUT2D eigenvalue weighted by molar-refractivity contribution is 0.0716. The van der Waals surface area contributed by atoms with Crippen molar-refractivity contribution in [2.75, 3.05) is 0 Å². The molecule has 1 heterocycles. The van der Waals surface area contributed by atoms with Crippen LogP contribution in [0.15, 0.2) is 34.7 Å². The predicted octanol–water partition coefficient (Wildman–Crippen LogP) is 4.57. The second-order valence-electron chi connectivity index (χ2n) is 6.95. The molecule has 4 rings (SSSR count). The summed E-state index contributed by atoms with van der Waals surface area (Å²) in [7, 11) is 0. The van der Waals surface area contributed by atoms with Gasteiger partial charge in [-0.25, -0.2) is 0 Å². The molecule has 2 aliphatic rings. The Bertz CT molecular complexity index is 781. The number of phenolic OH excluding ortho intramolecular Hbond substituents is 1. The monoisotopic (exact) mass is 345 g/mol. The number of carbonyl (C=O) groups excluding carboxylic acids is 1. The van der Waals surface area contributed by atoms with E-state index in [1.54, 1.807) is 6.07 Å². The van der Waals surface area contributed by atoms with Crippen LogP contribution in [0.2, 0.25) is 5.02 Å². The summed E-state index contributed by atoms with van der Waals surface area (Å²) in [6.07, 6.45) is 3.22. The molecule has 0 unspecified atom stereocenters. The smallest absolute Gasteiger partial charge is 0.254 e. The van der Waals surface area contributed by atoms with Gasteiger partial charge in [-0.15, -0.1) is 0 Å². The van der Waals surface area contributed by atoms with Crippen LogP contribution in [0.1, 0.15) is 54.0 Å². The molecule has 0 aliphatic heterocycles. The largest absolute Gasteiger partial charge is 0.506 e. The molecule has 2 saturated carbocycles. The van der Waals surface area contributed by atoms with Gasteiger partial charge >= 0.3 is 0 Å². The van der Waals surface area contributed by atoms with Gasteiger partial charge in [0, 0.05) is 17.5 Å². The SMILES string of the molecule is C[C@@H]1C[C@@H]1c1ccc(CN(C(=O)c2ccc(O)c(Cl)c2)C2CC2)o1. The first-order valence-corrected chi connectivity index (χ1v) is 8.79. The van der Waals surface area contributed by atoms with Gasteiger partial charge in [-0.05, 0) is 55.5 Å². The average molecular weight is 346 g/mol. The molecule has 126 valence electrons. The summed E-state index contributed by atoms with van der Waals surface area (Å²) in [6.45, 7) is 2.70.